The number of carbonyl (C=O) groups excluding carboxylic acids is 2. The maximum Gasteiger partial charge on any atom is 0.345 e. The van der Waals surface area contributed by atoms with E-state index in [2.05, 4.69) is 0 Å². The summed E-state index contributed by atoms with van der Waals surface area (Å²) in [6.45, 7) is 4.43. The molecule has 0 N–H and O–H groups in total. The summed E-state index contributed by atoms with van der Waals surface area (Å²) in [6, 6.07) is 11.2. The molecule has 0 bridgehead atoms. The molecular formula is C29H35N3O5. The molecule has 37 heavy (non-hydrogen) atoms. The lowest BCUT2D eigenvalue weighted by Gasteiger charge is -2.37. The van der Waals surface area contributed by atoms with E-state index in [1.165, 1.54) is 38.4 Å². The first-order chi connectivity index (χ1) is 18.1. The van der Waals surface area contributed by atoms with E-state index in [0.717, 1.165) is 17.3 Å². The molecule has 1 saturated heterocycles. The molecule has 1 aliphatic heterocycles. The summed E-state index contributed by atoms with van der Waals surface area (Å²) in [5.74, 6) is 0.184. The summed E-state index contributed by atoms with van der Waals surface area (Å²) >= 11 is 0. The molecule has 1 aliphatic carbocycles. The first kappa shape index (κ1) is 25.1. The number of fused-ring (bicyclic) bond motifs is 1. The highest BCUT2D eigenvalue weighted by atomic mass is 16.5. The first-order valence-electron chi connectivity index (χ1n) is 13.5. The van der Waals surface area contributed by atoms with Crippen LogP contribution in [0.5, 0.6) is 0 Å². The first-order valence-corrected chi connectivity index (χ1v) is 13.5. The van der Waals surface area contributed by atoms with Gasteiger partial charge in [-0.15, -0.1) is 0 Å². The number of aryl methyl sites for hydroxylation is 1. The second kappa shape index (κ2) is 11.2. The van der Waals surface area contributed by atoms with Crippen molar-refractivity contribution < 1.29 is 18.7 Å². The third-order valence-corrected chi connectivity index (χ3v) is 7.73. The van der Waals surface area contributed by atoms with E-state index in [0.29, 0.717) is 50.1 Å². The van der Waals surface area contributed by atoms with Gasteiger partial charge in [0.1, 0.15) is 5.56 Å². The van der Waals surface area contributed by atoms with Crippen molar-refractivity contribution in [2.24, 2.45) is 5.92 Å². The van der Waals surface area contributed by atoms with Crippen LogP contribution in [0.3, 0.4) is 0 Å². The van der Waals surface area contributed by atoms with Crippen molar-refractivity contribution in [3.8, 4) is 0 Å². The third kappa shape index (κ3) is 5.15. The number of benzene rings is 1. The molecule has 1 aromatic carbocycles. The highest BCUT2D eigenvalue weighted by Gasteiger charge is 2.31. The number of para-hydroxylation sites is 1. The average Bonchev–Trinajstić information content (AvgIpc) is 3.47. The predicted molar refractivity (Wildman–Crippen MR) is 142 cm³/mol. The number of furan rings is 1. The van der Waals surface area contributed by atoms with E-state index in [4.69, 9.17) is 9.15 Å². The Bertz CT molecular complexity index is 1300. The molecule has 0 unspecified atom stereocenters. The number of anilines is 1. The summed E-state index contributed by atoms with van der Waals surface area (Å²) < 4.78 is 12.4. The molecule has 2 aromatic heterocycles. The molecule has 3 aromatic rings. The van der Waals surface area contributed by atoms with Crippen LogP contribution in [0.4, 0.5) is 5.69 Å². The Labute approximate surface area is 216 Å². The summed E-state index contributed by atoms with van der Waals surface area (Å²) in [4.78, 5) is 43.7. The molecule has 0 atom stereocenters. The van der Waals surface area contributed by atoms with E-state index in [1.807, 2.05) is 29.2 Å². The number of hydrogen-bond acceptors (Lipinski definition) is 6. The minimum Gasteiger partial charge on any atom is -0.462 e. The molecule has 1 saturated carbocycles. The molecule has 8 nitrogen and oxygen atoms in total. The number of amides is 1. The molecule has 0 spiro atoms. The van der Waals surface area contributed by atoms with Gasteiger partial charge in [-0.3, -0.25) is 9.59 Å². The smallest absolute Gasteiger partial charge is 0.345 e. The molecular weight excluding hydrogens is 470 g/mol. The van der Waals surface area contributed by atoms with Crippen LogP contribution in [0, 0.1) is 5.92 Å². The van der Waals surface area contributed by atoms with Crippen molar-refractivity contribution in [2.75, 3.05) is 37.7 Å². The van der Waals surface area contributed by atoms with Crippen LogP contribution in [0.2, 0.25) is 0 Å². The Hall–Kier alpha value is -3.55. The second-order valence-electron chi connectivity index (χ2n) is 9.97. The van der Waals surface area contributed by atoms with Crippen LogP contribution in [-0.4, -0.2) is 54.1 Å². The number of nitrogens with zero attached hydrogens (tertiary/aromatic N) is 3. The minimum atomic E-state index is -0.589. The van der Waals surface area contributed by atoms with E-state index in [-0.39, 0.29) is 23.6 Å². The summed E-state index contributed by atoms with van der Waals surface area (Å²) in [7, 11) is 0. The molecule has 3 heterocycles. The second-order valence-corrected chi connectivity index (χ2v) is 9.97. The van der Waals surface area contributed by atoms with Gasteiger partial charge in [-0.2, -0.15) is 0 Å². The maximum absolute atomic E-state index is 13.9. The number of pyridine rings is 1. The fourth-order valence-electron chi connectivity index (χ4n) is 5.80. The quantitative estimate of drug-likeness (QED) is 0.433. The fraction of sp³-hybridized carbons (Fsp3) is 0.483. The van der Waals surface area contributed by atoms with Gasteiger partial charge in [0.25, 0.3) is 11.5 Å². The number of carbonyl (C=O) groups is 2. The zero-order valence-corrected chi connectivity index (χ0v) is 21.5. The van der Waals surface area contributed by atoms with Crippen LogP contribution in [-0.2, 0) is 11.3 Å². The van der Waals surface area contributed by atoms with Crippen LogP contribution in [0.15, 0.2) is 51.9 Å². The number of ether oxygens (including phenoxy) is 1. The molecule has 5 rings (SSSR count). The highest BCUT2D eigenvalue weighted by Crippen LogP contribution is 2.32. The van der Waals surface area contributed by atoms with E-state index in [9.17, 15) is 14.4 Å². The SMILES string of the molecule is CCOC(=O)c1c(N2CCN(C(=O)c3ccco3)CC2)c2ccccc2n(CCC2CCCCC2)c1=O. The Morgan fingerprint density at radius 2 is 1.76 bits per heavy atom. The van der Waals surface area contributed by atoms with Crippen LogP contribution in [0.1, 0.15) is 66.4 Å². The van der Waals surface area contributed by atoms with Crippen molar-refractivity contribution in [3.05, 3.63) is 64.3 Å². The number of rotatable bonds is 7. The summed E-state index contributed by atoms with van der Waals surface area (Å²) in [5.41, 5.74) is 1.24. The van der Waals surface area contributed by atoms with Crippen molar-refractivity contribution in [3.63, 3.8) is 0 Å². The van der Waals surface area contributed by atoms with Crippen LogP contribution < -0.4 is 10.5 Å². The van der Waals surface area contributed by atoms with Crippen LogP contribution >= 0.6 is 0 Å². The Morgan fingerprint density at radius 3 is 2.46 bits per heavy atom. The normalized spacial score (nSPS) is 16.8. The molecule has 1 amide bonds. The largest absolute Gasteiger partial charge is 0.462 e. The standard InChI is InChI=1S/C29H35N3O5/c1-2-36-29(35)25-26(30-16-18-31(19-17-30)27(33)24-13-8-20-37-24)22-11-6-7-12-23(22)32(28(25)34)15-14-21-9-4-3-5-10-21/h6-8,11-13,20-21H,2-5,9-10,14-19H2,1H3. The number of aromatic nitrogens is 1. The Balaban J connectivity index is 1.49. The van der Waals surface area contributed by atoms with E-state index in [1.54, 1.807) is 28.5 Å². The number of piperazine rings is 1. The maximum atomic E-state index is 13.9. The summed E-state index contributed by atoms with van der Waals surface area (Å²) in [5, 5.41) is 0.861. The van der Waals surface area contributed by atoms with Gasteiger partial charge in [-0.05, 0) is 37.5 Å². The molecule has 196 valence electrons. The molecule has 2 fully saturated rings. The van der Waals surface area contributed by atoms with Crippen molar-refractivity contribution in [1.29, 1.82) is 0 Å². The van der Waals surface area contributed by atoms with Gasteiger partial charge in [-0.25, -0.2) is 4.79 Å². The molecule has 8 heteroatoms. The summed E-state index contributed by atoms with van der Waals surface area (Å²) in [6.07, 6.45) is 8.63. The van der Waals surface area contributed by atoms with E-state index < -0.39 is 5.97 Å². The monoisotopic (exact) mass is 505 g/mol. The van der Waals surface area contributed by atoms with Gasteiger partial charge in [-0.1, -0.05) is 50.3 Å². The Morgan fingerprint density at radius 1 is 1.00 bits per heavy atom. The van der Waals surface area contributed by atoms with Gasteiger partial charge in [0.2, 0.25) is 0 Å². The average molecular weight is 506 g/mol. The van der Waals surface area contributed by atoms with Crippen molar-refractivity contribution >= 4 is 28.5 Å². The van der Waals surface area contributed by atoms with Crippen LogP contribution in [0.25, 0.3) is 10.9 Å². The lowest BCUT2D eigenvalue weighted by molar-refractivity contribution is 0.0523. The third-order valence-electron chi connectivity index (χ3n) is 7.73. The Kier molecular flexibility index (Phi) is 7.63. The van der Waals surface area contributed by atoms with Crippen molar-refractivity contribution in [2.45, 2.75) is 52.0 Å². The van der Waals surface area contributed by atoms with E-state index >= 15 is 0 Å². The lowest BCUT2D eigenvalue weighted by atomic mass is 9.87. The number of hydrogen-bond donors (Lipinski definition) is 0. The lowest BCUT2D eigenvalue weighted by Crippen LogP contribution is -2.49. The zero-order valence-electron chi connectivity index (χ0n) is 21.5. The van der Waals surface area contributed by atoms with Gasteiger partial charge >= 0.3 is 5.97 Å². The van der Waals surface area contributed by atoms with Gasteiger partial charge < -0.3 is 23.5 Å². The van der Waals surface area contributed by atoms with Gasteiger partial charge in [0, 0.05) is 38.1 Å². The zero-order chi connectivity index (χ0) is 25.8. The highest BCUT2D eigenvalue weighted by molar-refractivity contribution is 6.05. The van der Waals surface area contributed by atoms with Gasteiger partial charge in [0.05, 0.1) is 24.1 Å². The topological polar surface area (TPSA) is 85.0 Å². The minimum absolute atomic E-state index is 0.0926. The molecule has 2 aliphatic rings. The molecule has 0 radical (unpaired) electrons. The fourth-order valence-corrected chi connectivity index (χ4v) is 5.80. The predicted octanol–water partition coefficient (Wildman–Crippen LogP) is 4.70. The van der Waals surface area contributed by atoms with Gasteiger partial charge in [0.15, 0.2) is 5.76 Å². The van der Waals surface area contributed by atoms with Crippen molar-refractivity contribution in [1.82, 2.24) is 9.47 Å². The number of esters is 1.